The summed E-state index contributed by atoms with van der Waals surface area (Å²) in [7, 11) is -3.51. The van der Waals surface area contributed by atoms with Crippen molar-refractivity contribution in [3.8, 4) is 0 Å². The van der Waals surface area contributed by atoms with Crippen LogP contribution < -0.4 is 0 Å². The summed E-state index contributed by atoms with van der Waals surface area (Å²) >= 11 is 0. The second kappa shape index (κ2) is 9.51. The van der Waals surface area contributed by atoms with Gasteiger partial charge in [-0.05, 0) is 61.7 Å². The van der Waals surface area contributed by atoms with Crippen LogP contribution in [0.25, 0.3) is 0 Å². The van der Waals surface area contributed by atoms with Gasteiger partial charge in [0.25, 0.3) is 5.91 Å². The van der Waals surface area contributed by atoms with Crippen molar-refractivity contribution in [2.24, 2.45) is 5.92 Å². The van der Waals surface area contributed by atoms with Gasteiger partial charge in [0.2, 0.25) is 10.0 Å². The second-order valence-corrected chi connectivity index (χ2v) is 10.6. The number of carbonyl (C=O) groups excluding carboxylic acids is 1. The summed E-state index contributed by atoms with van der Waals surface area (Å²) in [4.78, 5) is 17.4. The first-order valence-electron chi connectivity index (χ1n) is 11.1. The van der Waals surface area contributed by atoms with Crippen LogP contribution in [0.15, 0.2) is 59.5 Å². The average molecular weight is 442 g/mol. The number of hydrogen-bond acceptors (Lipinski definition) is 4. The number of piperidine rings is 1. The predicted octanol–water partition coefficient (Wildman–Crippen LogP) is 3.07. The molecule has 0 N–H and O–H groups in total. The van der Waals surface area contributed by atoms with Crippen LogP contribution in [0, 0.1) is 5.92 Å². The molecule has 4 rings (SSSR count). The number of benzene rings is 2. The van der Waals surface area contributed by atoms with Crippen molar-refractivity contribution < 1.29 is 13.2 Å². The van der Waals surface area contributed by atoms with E-state index in [-0.39, 0.29) is 5.91 Å². The fourth-order valence-electron chi connectivity index (χ4n) is 4.29. The van der Waals surface area contributed by atoms with Crippen LogP contribution >= 0.6 is 0 Å². The Hall–Kier alpha value is -2.22. The summed E-state index contributed by atoms with van der Waals surface area (Å²) in [6.45, 7) is 6.95. The van der Waals surface area contributed by atoms with Crippen molar-refractivity contribution in [2.75, 3.05) is 39.3 Å². The van der Waals surface area contributed by atoms with E-state index in [1.165, 1.54) is 22.7 Å². The van der Waals surface area contributed by atoms with Crippen molar-refractivity contribution in [3.63, 3.8) is 0 Å². The van der Waals surface area contributed by atoms with Crippen molar-refractivity contribution in [2.45, 2.75) is 31.2 Å². The van der Waals surface area contributed by atoms with E-state index in [4.69, 9.17) is 0 Å². The molecule has 2 aromatic carbocycles. The maximum atomic E-state index is 12.9. The lowest BCUT2D eigenvalue weighted by Gasteiger charge is -2.34. The second-order valence-electron chi connectivity index (χ2n) is 8.66. The zero-order valence-corrected chi connectivity index (χ0v) is 18.9. The van der Waals surface area contributed by atoms with E-state index in [1.54, 1.807) is 35.2 Å². The molecule has 2 aliphatic heterocycles. The molecule has 7 heteroatoms. The van der Waals surface area contributed by atoms with Crippen molar-refractivity contribution in [3.05, 3.63) is 65.7 Å². The van der Waals surface area contributed by atoms with E-state index in [2.05, 4.69) is 11.8 Å². The third-order valence-electron chi connectivity index (χ3n) is 6.39. The van der Waals surface area contributed by atoms with E-state index in [1.807, 2.05) is 24.3 Å². The zero-order valence-electron chi connectivity index (χ0n) is 18.1. The van der Waals surface area contributed by atoms with Gasteiger partial charge >= 0.3 is 0 Å². The number of nitrogens with zero attached hydrogens (tertiary/aromatic N) is 3. The van der Waals surface area contributed by atoms with Crippen LogP contribution in [0.1, 0.15) is 35.7 Å². The van der Waals surface area contributed by atoms with Gasteiger partial charge in [-0.2, -0.15) is 4.31 Å². The molecule has 0 unspecified atom stereocenters. The van der Waals surface area contributed by atoms with Crippen LogP contribution in [-0.4, -0.2) is 67.7 Å². The predicted molar refractivity (Wildman–Crippen MR) is 121 cm³/mol. The highest BCUT2D eigenvalue weighted by Gasteiger charge is 2.30. The molecule has 0 saturated carbocycles. The lowest BCUT2D eigenvalue weighted by atomic mass is 9.99. The van der Waals surface area contributed by atoms with Gasteiger partial charge in [0.1, 0.15) is 0 Å². The Morgan fingerprint density at radius 1 is 0.871 bits per heavy atom. The molecule has 0 radical (unpaired) electrons. The maximum Gasteiger partial charge on any atom is 0.253 e. The normalized spacial score (nSPS) is 19.5. The average Bonchev–Trinajstić information content (AvgIpc) is 2.81. The van der Waals surface area contributed by atoms with E-state index in [0.717, 1.165) is 25.6 Å². The minimum Gasteiger partial charge on any atom is -0.336 e. The van der Waals surface area contributed by atoms with Crippen LogP contribution in [0.3, 0.4) is 0 Å². The van der Waals surface area contributed by atoms with Gasteiger partial charge in [-0.25, -0.2) is 8.42 Å². The molecule has 2 heterocycles. The Morgan fingerprint density at radius 2 is 1.48 bits per heavy atom. The van der Waals surface area contributed by atoms with Crippen molar-refractivity contribution in [1.82, 2.24) is 14.1 Å². The maximum absolute atomic E-state index is 12.9. The molecule has 0 aromatic heterocycles. The Morgan fingerprint density at radius 3 is 2.10 bits per heavy atom. The van der Waals surface area contributed by atoms with Crippen molar-refractivity contribution >= 4 is 15.9 Å². The summed E-state index contributed by atoms with van der Waals surface area (Å²) in [6, 6.07) is 16.4. The molecule has 2 fully saturated rings. The SMILES string of the molecule is CC1CCN(Cc2ccc(C(=O)N3CCN(S(=O)(=O)c4ccccc4)CC3)cc2)CC1. The summed E-state index contributed by atoms with van der Waals surface area (Å²) in [5.74, 6) is 0.787. The van der Waals surface area contributed by atoms with E-state index >= 15 is 0 Å². The highest BCUT2D eigenvalue weighted by Crippen LogP contribution is 2.20. The van der Waals surface area contributed by atoms with Gasteiger partial charge in [-0.3, -0.25) is 9.69 Å². The van der Waals surface area contributed by atoms with Crippen molar-refractivity contribution in [1.29, 1.82) is 0 Å². The molecule has 0 bridgehead atoms. The topological polar surface area (TPSA) is 60.9 Å². The van der Waals surface area contributed by atoms with Gasteiger partial charge in [0, 0.05) is 38.3 Å². The van der Waals surface area contributed by atoms with E-state index in [0.29, 0.717) is 36.6 Å². The summed E-state index contributed by atoms with van der Waals surface area (Å²) in [6.07, 6.45) is 2.51. The summed E-state index contributed by atoms with van der Waals surface area (Å²) in [5.41, 5.74) is 1.89. The van der Waals surface area contributed by atoms with E-state index in [9.17, 15) is 13.2 Å². The van der Waals surface area contributed by atoms with Gasteiger partial charge in [-0.1, -0.05) is 37.3 Å². The molecule has 0 aliphatic carbocycles. The van der Waals surface area contributed by atoms with Gasteiger partial charge < -0.3 is 4.90 Å². The van der Waals surface area contributed by atoms with Gasteiger partial charge in [0.05, 0.1) is 4.90 Å². The van der Waals surface area contributed by atoms with Gasteiger partial charge in [0.15, 0.2) is 0 Å². The standard InChI is InChI=1S/C24H31N3O3S/c1-20-11-13-25(14-12-20)19-21-7-9-22(10-8-21)24(28)26-15-17-27(18-16-26)31(29,30)23-5-3-2-4-6-23/h2-10,20H,11-19H2,1H3. The molecular formula is C24H31N3O3S. The molecule has 0 spiro atoms. The molecule has 2 aliphatic rings. The summed E-state index contributed by atoms with van der Waals surface area (Å²) < 4.78 is 27.0. The number of piperazine rings is 1. The highest BCUT2D eigenvalue weighted by atomic mass is 32.2. The van der Waals surface area contributed by atoms with Crippen LogP contribution in [0.4, 0.5) is 0 Å². The third-order valence-corrected chi connectivity index (χ3v) is 8.30. The quantitative estimate of drug-likeness (QED) is 0.716. The Kier molecular flexibility index (Phi) is 6.74. The first-order chi connectivity index (χ1) is 14.9. The number of hydrogen-bond donors (Lipinski definition) is 0. The summed E-state index contributed by atoms with van der Waals surface area (Å²) in [5, 5.41) is 0. The number of rotatable bonds is 5. The van der Waals surface area contributed by atoms with Crippen LogP contribution in [-0.2, 0) is 16.6 Å². The zero-order chi connectivity index (χ0) is 21.8. The number of likely N-dealkylation sites (tertiary alicyclic amines) is 1. The highest BCUT2D eigenvalue weighted by molar-refractivity contribution is 7.89. The molecule has 0 atom stereocenters. The first kappa shape index (κ1) is 22.0. The largest absolute Gasteiger partial charge is 0.336 e. The molecule has 1 amide bonds. The van der Waals surface area contributed by atoms with Crippen LogP contribution in [0.2, 0.25) is 0 Å². The Labute approximate surface area is 185 Å². The number of sulfonamides is 1. The van der Waals surface area contributed by atoms with Gasteiger partial charge in [-0.15, -0.1) is 0 Å². The Bertz CT molecular complexity index is 976. The molecular weight excluding hydrogens is 410 g/mol. The fourth-order valence-corrected chi connectivity index (χ4v) is 5.73. The molecule has 166 valence electrons. The minimum absolute atomic E-state index is 0.0323. The fraction of sp³-hybridized carbons (Fsp3) is 0.458. The molecule has 2 saturated heterocycles. The molecule has 2 aromatic rings. The minimum atomic E-state index is -3.51. The van der Waals surface area contributed by atoms with Crippen LogP contribution in [0.5, 0.6) is 0 Å². The lowest BCUT2D eigenvalue weighted by molar-refractivity contribution is 0.0698. The molecule has 31 heavy (non-hydrogen) atoms. The number of carbonyl (C=O) groups is 1. The third kappa shape index (κ3) is 5.17. The van der Waals surface area contributed by atoms with E-state index < -0.39 is 10.0 Å². The first-order valence-corrected chi connectivity index (χ1v) is 12.5. The smallest absolute Gasteiger partial charge is 0.253 e. The Balaban J connectivity index is 1.32. The molecule has 6 nitrogen and oxygen atoms in total. The lowest BCUT2D eigenvalue weighted by Crippen LogP contribution is -2.50. The number of amides is 1. The monoisotopic (exact) mass is 441 g/mol.